The van der Waals surface area contributed by atoms with E-state index in [-0.39, 0.29) is 22.7 Å². The molecule has 0 spiro atoms. The Balaban J connectivity index is 1.50. The van der Waals surface area contributed by atoms with Crippen LogP contribution in [0.1, 0.15) is 17.3 Å². The molecule has 0 bridgehead atoms. The van der Waals surface area contributed by atoms with Crippen molar-refractivity contribution >= 4 is 41.2 Å². The molecule has 2 aromatic rings. The fourth-order valence-electron chi connectivity index (χ4n) is 4.84. The molecule has 2 saturated heterocycles. The van der Waals surface area contributed by atoms with E-state index in [0.29, 0.717) is 0 Å². The minimum Gasteiger partial charge on any atom is -0.427 e. The molecule has 11 heteroatoms. The topological polar surface area (TPSA) is 139 Å². The van der Waals surface area contributed by atoms with Gasteiger partial charge in [0.15, 0.2) is 5.78 Å². The predicted molar refractivity (Wildman–Crippen MR) is 122 cm³/mol. The van der Waals surface area contributed by atoms with Gasteiger partial charge in [0, 0.05) is 30.8 Å². The van der Waals surface area contributed by atoms with Crippen molar-refractivity contribution in [3.63, 3.8) is 0 Å². The molecule has 35 heavy (non-hydrogen) atoms. The molecule has 0 radical (unpaired) electrons. The minimum absolute atomic E-state index is 0.172. The number of allylic oxidation sites excluding steroid dienone is 1. The predicted octanol–water partition coefficient (Wildman–Crippen LogP) is 2.12. The fraction of sp³-hybridized carbons (Fsp3) is 0.208. The van der Waals surface area contributed by atoms with Crippen molar-refractivity contribution < 1.29 is 28.8 Å². The lowest BCUT2D eigenvalue weighted by Gasteiger charge is -2.30. The number of carbonyl (C=O) groups excluding carboxylic acids is 4. The molecule has 0 aliphatic carbocycles. The molecule has 5 rings (SSSR count). The molecule has 3 aliphatic heterocycles. The molecular weight excluding hydrogens is 456 g/mol. The van der Waals surface area contributed by atoms with Gasteiger partial charge in [-0.3, -0.25) is 34.3 Å². The number of non-ortho nitro benzene ring substituents is 1. The SMILES string of the molecule is CC(=O)Oc1ccc(C(=O)[C@@H]2[C@@H]3C(=O)N(c4ccc([N+](=O)[O-])cc4)C(=O)[C@@H]3[C@@H]3C=CC=NN23)cc1. The number of anilines is 1. The molecule has 2 aromatic carbocycles. The Labute approximate surface area is 198 Å². The van der Waals surface area contributed by atoms with Crippen molar-refractivity contribution in [2.45, 2.75) is 19.0 Å². The van der Waals surface area contributed by atoms with E-state index in [0.717, 1.165) is 4.90 Å². The normalized spacial score (nSPS) is 24.4. The highest BCUT2D eigenvalue weighted by atomic mass is 16.6. The smallest absolute Gasteiger partial charge is 0.308 e. The highest BCUT2D eigenvalue weighted by Crippen LogP contribution is 2.46. The Morgan fingerprint density at radius 3 is 2.29 bits per heavy atom. The van der Waals surface area contributed by atoms with E-state index < -0.39 is 52.4 Å². The van der Waals surface area contributed by atoms with Crippen LogP contribution in [-0.2, 0) is 14.4 Å². The minimum atomic E-state index is -1.04. The van der Waals surface area contributed by atoms with Gasteiger partial charge in [-0.2, -0.15) is 5.10 Å². The molecule has 0 aromatic heterocycles. The largest absolute Gasteiger partial charge is 0.427 e. The highest BCUT2D eigenvalue weighted by molar-refractivity contribution is 6.24. The Morgan fingerprint density at radius 1 is 1.00 bits per heavy atom. The second-order valence-corrected chi connectivity index (χ2v) is 8.28. The number of carbonyl (C=O) groups is 4. The summed E-state index contributed by atoms with van der Waals surface area (Å²) in [7, 11) is 0. The number of nitro groups is 1. The van der Waals surface area contributed by atoms with E-state index in [1.54, 1.807) is 12.2 Å². The van der Waals surface area contributed by atoms with E-state index in [4.69, 9.17) is 4.74 Å². The molecule has 2 amide bonds. The van der Waals surface area contributed by atoms with Crippen molar-refractivity contribution in [1.82, 2.24) is 5.01 Å². The van der Waals surface area contributed by atoms with Gasteiger partial charge in [-0.15, -0.1) is 0 Å². The molecule has 3 heterocycles. The maximum absolute atomic E-state index is 13.6. The van der Waals surface area contributed by atoms with E-state index in [9.17, 15) is 29.3 Å². The van der Waals surface area contributed by atoms with E-state index in [2.05, 4.69) is 5.10 Å². The fourth-order valence-corrected chi connectivity index (χ4v) is 4.84. The van der Waals surface area contributed by atoms with Gasteiger partial charge in [-0.25, -0.2) is 4.90 Å². The average Bonchev–Trinajstić information content (AvgIpc) is 3.31. The van der Waals surface area contributed by atoms with Crippen LogP contribution in [-0.4, -0.2) is 51.8 Å². The van der Waals surface area contributed by atoms with Crippen molar-refractivity contribution in [3.05, 3.63) is 76.4 Å². The number of benzene rings is 2. The van der Waals surface area contributed by atoms with Gasteiger partial charge in [0.05, 0.1) is 28.5 Å². The van der Waals surface area contributed by atoms with Gasteiger partial charge in [0.25, 0.3) is 5.69 Å². The van der Waals surface area contributed by atoms with Crippen molar-refractivity contribution in [3.8, 4) is 5.75 Å². The monoisotopic (exact) mass is 474 g/mol. The second-order valence-electron chi connectivity index (χ2n) is 8.28. The van der Waals surface area contributed by atoms with Crippen LogP contribution in [0.4, 0.5) is 11.4 Å². The van der Waals surface area contributed by atoms with Crippen molar-refractivity contribution in [1.29, 1.82) is 0 Å². The third kappa shape index (κ3) is 3.57. The molecule has 2 fully saturated rings. The Hall–Kier alpha value is -4.67. The summed E-state index contributed by atoms with van der Waals surface area (Å²) in [6, 6.07) is 9.40. The molecule has 176 valence electrons. The van der Waals surface area contributed by atoms with Crippen LogP contribution >= 0.6 is 0 Å². The van der Waals surface area contributed by atoms with Gasteiger partial charge >= 0.3 is 5.97 Å². The summed E-state index contributed by atoms with van der Waals surface area (Å²) < 4.78 is 5.01. The summed E-state index contributed by atoms with van der Waals surface area (Å²) in [5.74, 6) is -3.54. The maximum atomic E-state index is 13.6. The highest BCUT2D eigenvalue weighted by Gasteiger charge is 2.64. The van der Waals surface area contributed by atoms with Crippen molar-refractivity contribution in [2.75, 3.05) is 4.90 Å². The lowest BCUT2D eigenvalue weighted by Crippen LogP contribution is -2.46. The maximum Gasteiger partial charge on any atom is 0.308 e. The van der Waals surface area contributed by atoms with Crippen LogP contribution in [0.15, 0.2) is 65.8 Å². The van der Waals surface area contributed by atoms with E-state index in [1.807, 2.05) is 0 Å². The van der Waals surface area contributed by atoms with Gasteiger partial charge < -0.3 is 4.74 Å². The number of hydrogen-bond donors (Lipinski definition) is 0. The van der Waals surface area contributed by atoms with Crippen LogP contribution in [0, 0.1) is 22.0 Å². The van der Waals surface area contributed by atoms with Gasteiger partial charge in [0.1, 0.15) is 11.8 Å². The number of fused-ring (bicyclic) bond motifs is 3. The Bertz CT molecular complexity index is 1320. The van der Waals surface area contributed by atoms with Crippen LogP contribution in [0.5, 0.6) is 5.75 Å². The summed E-state index contributed by atoms with van der Waals surface area (Å²) in [6.45, 7) is 1.26. The lowest BCUT2D eigenvalue weighted by molar-refractivity contribution is -0.384. The number of amides is 2. The molecule has 11 nitrogen and oxygen atoms in total. The zero-order chi connectivity index (χ0) is 24.9. The first-order valence-corrected chi connectivity index (χ1v) is 10.7. The van der Waals surface area contributed by atoms with Crippen LogP contribution in [0.2, 0.25) is 0 Å². The first kappa shape index (κ1) is 22.1. The number of nitrogens with zero attached hydrogens (tertiary/aromatic N) is 4. The van der Waals surface area contributed by atoms with Gasteiger partial charge in [0.2, 0.25) is 11.8 Å². The van der Waals surface area contributed by atoms with Gasteiger partial charge in [-0.1, -0.05) is 6.08 Å². The summed E-state index contributed by atoms with van der Waals surface area (Å²) in [5.41, 5.74) is 0.296. The zero-order valence-corrected chi connectivity index (χ0v) is 18.3. The second kappa shape index (κ2) is 8.28. The number of esters is 1. The molecule has 4 atom stereocenters. The van der Waals surface area contributed by atoms with E-state index in [1.165, 1.54) is 66.7 Å². The average molecular weight is 474 g/mol. The Kier molecular flexibility index (Phi) is 5.24. The molecule has 3 aliphatic rings. The van der Waals surface area contributed by atoms with Crippen LogP contribution in [0.25, 0.3) is 0 Å². The van der Waals surface area contributed by atoms with Crippen LogP contribution < -0.4 is 9.64 Å². The summed E-state index contributed by atoms with van der Waals surface area (Å²) in [6.07, 6.45) is 4.88. The summed E-state index contributed by atoms with van der Waals surface area (Å²) >= 11 is 0. The van der Waals surface area contributed by atoms with Crippen molar-refractivity contribution in [2.24, 2.45) is 16.9 Å². The third-order valence-electron chi connectivity index (χ3n) is 6.28. The van der Waals surface area contributed by atoms with Gasteiger partial charge in [-0.05, 0) is 42.5 Å². The van der Waals surface area contributed by atoms with Crippen LogP contribution in [0.3, 0.4) is 0 Å². The number of imide groups is 1. The first-order chi connectivity index (χ1) is 16.8. The number of ether oxygens (including phenoxy) is 1. The number of Topliss-reactive ketones (excluding diaryl/α,β-unsaturated/α-hetero) is 1. The number of hydrogen-bond acceptors (Lipinski definition) is 9. The summed E-state index contributed by atoms with van der Waals surface area (Å²) in [4.78, 5) is 63.1. The first-order valence-electron chi connectivity index (χ1n) is 10.7. The number of ketones is 1. The standard InChI is InChI=1S/C24H18N4O7/c1-13(29)35-17-10-4-14(5-11-17)22(30)21-20-19(18-3-2-12-25-27(18)21)23(31)26(24(20)32)15-6-8-16(9-7-15)28(33)34/h2-12,18-21H,1H3/t18-,19+,20+,21-/m0/s1. The Morgan fingerprint density at radius 2 is 1.66 bits per heavy atom. The number of nitro benzene ring substituents is 1. The lowest BCUT2D eigenvalue weighted by atomic mass is 9.86. The van der Waals surface area contributed by atoms with E-state index >= 15 is 0 Å². The molecule has 0 saturated carbocycles. The third-order valence-corrected chi connectivity index (χ3v) is 6.28. The molecule has 0 unspecified atom stereocenters. The number of rotatable bonds is 5. The number of hydrazone groups is 1. The quantitative estimate of drug-likeness (QED) is 0.160. The summed E-state index contributed by atoms with van der Waals surface area (Å²) in [5, 5.41) is 16.8. The molecule has 0 N–H and O–H groups in total. The molecular formula is C24H18N4O7. The zero-order valence-electron chi connectivity index (χ0n) is 18.3.